The second kappa shape index (κ2) is 8.88. The Kier molecular flexibility index (Phi) is 6.30. The van der Waals surface area contributed by atoms with Crippen LogP contribution in [0.2, 0.25) is 0 Å². The van der Waals surface area contributed by atoms with Crippen molar-refractivity contribution in [3.8, 4) is 5.75 Å². The van der Waals surface area contributed by atoms with E-state index in [2.05, 4.69) is 10.3 Å². The number of benzene rings is 1. The summed E-state index contributed by atoms with van der Waals surface area (Å²) in [5.41, 5.74) is 2.47. The number of ether oxygens (including phenoxy) is 2. The summed E-state index contributed by atoms with van der Waals surface area (Å²) in [6.07, 6.45) is 1.47. The van der Waals surface area contributed by atoms with E-state index in [1.807, 2.05) is 31.2 Å². The molecule has 0 bridgehead atoms. The quantitative estimate of drug-likeness (QED) is 0.714. The van der Waals surface area contributed by atoms with Gasteiger partial charge in [0, 0.05) is 31.3 Å². The molecule has 2 heterocycles. The molecule has 1 saturated heterocycles. The second-order valence-electron chi connectivity index (χ2n) is 6.37. The number of pyridine rings is 1. The molecule has 1 aromatic carbocycles. The Morgan fingerprint density at radius 2 is 2.00 bits per heavy atom. The van der Waals surface area contributed by atoms with Gasteiger partial charge in [-0.2, -0.15) is 0 Å². The molecule has 0 spiro atoms. The fourth-order valence-electron chi connectivity index (χ4n) is 2.86. The van der Waals surface area contributed by atoms with Crippen molar-refractivity contribution in [3.63, 3.8) is 0 Å². The van der Waals surface area contributed by atoms with E-state index in [1.54, 1.807) is 18.3 Å². The third-order valence-electron chi connectivity index (χ3n) is 4.20. The van der Waals surface area contributed by atoms with Gasteiger partial charge in [0.25, 0.3) is 5.24 Å². The number of carbonyl (C=O) groups is 3. The van der Waals surface area contributed by atoms with Gasteiger partial charge in [-0.3, -0.25) is 19.4 Å². The maximum absolute atomic E-state index is 11.7. The van der Waals surface area contributed by atoms with Crippen molar-refractivity contribution in [1.82, 2.24) is 10.3 Å². The molecule has 0 aliphatic carbocycles. The molecule has 28 heavy (non-hydrogen) atoms. The second-order valence-corrected chi connectivity index (χ2v) is 7.35. The minimum absolute atomic E-state index is 0.130. The van der Waals surface area contributed by atoms with Gasteiger partial charge in [-0.15, -0.1) is 0 Å². The van der Waals surface area contributed by atoms with E-state index >= 15 is 0 Å². The fraction of sp³-hybridized carbons (Fsp3) is 0.300. The van der Waals surface area contributed by atoms with Crippen LogP contribution in [-0.4, -0.2) is 34.0 Å². The molecule has 2 atom stereocenters. The Hall–Kier alpha value is -2.87. The molecule has 1 fully saturated rings. The van der Waals surface area contributed by atoms with Crippen LogP contribution in [0.15, 0.2) is 42.6 Å². The maximum Gasteiger partial charge on any atom is 0.303 e. The number of hydrogen-bond donors (Lipinski definition) is 1. The van der Waals surface area contributed by atoms with Gasteiger partial charge in [0.15, 0.2) is 6.10 Å². The summed E-state index contributed by atoms with van der Waals surface area (Å²) in [5, 5.41) is 2.16. The molecule has 1 aromatic heterocycles. The zero-order valence-electron chi connectivity index (χ0n) is 15.5. The van der Waals surface area contributed by atoms with Gasteiger partial charge in [0.05, 0.1) is 5.69 Å². The molecular formula is C20H20N2O5S. The normalized spacial score (nSPS) is 17.1. The lowest BCUT2D eigenvalue weighted by Crippen LogP contribution is -2.30. The van der Waals surface area contributed by atoms with Gasteiger partial charge < -0.3 is 14.8 Å². The number of esters is 1. The predicted octanol–water partition coefficient (Wildman–Crippen LogP) is 2.97. The van der Waals surface area contributed by atoms with Crippen LogP contribution in [0.5, 0.6) is 5.75 Å². The van der Waals surface area contributed by atoms with Crippen molar-refractivity contribution >= 4 is 28.1 Å². The summed E-state index contributed by atoms with van der Waals surface area (Å²) in [6, 6.07) is 10.5. The molecule has 1 amide bonds. The van der Waals surface area contributed by atoms with Crippen LogP contribution in [0.3, 0.4) is 0 Å². The third-order valence-corrected chi connectivity index (χ3v) is 4.99. The van der Waals surface area contributed by atoms with Crippen LogP contribution in [0.1, 0.15) is 29.8 Å². The topological polar surface area (TPSA) is 94.6 Å². The number of aromatic nitrogens is 1. The Labute approximate surface area is 166 Å². The Morgan fingerprint density at radius 3 is 2.61 bits per heavy atom. The average molecular weight is 400 g/mol. The lowest BCUT2D eigenvalue weighted by atomic mass is 10.1. The van der Waals surface area contributed by atoms with E-state index in [4.69, 9.17) is 9.47 Å². The van der Waals surface area contributed by atoms with Gasteiger partial charge in [0.1, 0.15) is 18.4 Å². The third kappa shape index (κ3) is 5.10. The number of amides is 1. The van der Waals surface area contributed by atoms with Crippen LogP contribution < -0.4 is 10.1 Å². The molecule has 3 rings (SSSR count). The Balaban J connectivity index is 1.62. The number of carbonyl (C=O) groups excluding carboxylic acids is 3. The average Bonchev–Trinajstić information content (AvgIpc) is 2.97. The Morgan fingerprint density at radius 1 is 1.25 bits per heavy atom. The molecule has 2 unspecified atom stereocenters. The lowest BCUT2D eigenvalue weighted by Gasteiger charge is -2.19. The number of nitrogens with one attached hydrogen (secondary N) is 1. The summed E-state index contributed by atoms with van der Waals surface area (Å²) in [4.78, 5) is 38.7. The highest BCUT2D eigenvalue weighted by atomic mass is 32.2. The summed E-state index contributed by atoms with van der Waals surface area (Å²) < 4.78 is 11.2. The molecule has 0 radical (unpaired) electrons. The minimum Gasteiger partial charge on any atom is -0.489 e. The zero-order chi connectivity index (χ0) is 20.1. The molecule has 2 aromatic rings. The number of nitrogens with zero attached hydrogens (tertiary/aromatic N) is 1. The van der Waals surface area contributed by atoms with Crippen LogP contribution in [0, 0.1) is 6.92 Å². The highest BCUT2D eigenvalue weighted by Crippen LogP contribution is 2.23. The van der Waals surface area contributed by atoms with Crippen molar-refractivity contribution in [3.05, 3.63) is 59.4 Å². The molecule has 0 saturated carbocycles. The van der Waals surface area contributed by atoms with E-state index in [1.165, 1.54) is 6.92 Å². The summed E-state index contributed by atoms with van der Waals surface area (Å²) >= 11 is 0.705. The summed E-state index contributed by atoms with van der Waals surface area (Å²) in [6.45, 7) is 3.38. The van der Waals surface area contributed by atoms with Crippen molar-refractivity contribution < 1.29 is 23.9 Å². The monoisotopic (exact) mass is 400 g/mol. The molecular weight excluding hydrogens is 380 g/mol. The maximum atomic E-state index is 11.7. The van der Waals surface area contributed by atoms with E-state index in [0.717, 1.165) is 11.1 Å². The first kappa shape index (κ1) is 19.9. The Bertz CT molecular complexity index is 884. The van der Waals surface area contributed by atoms with Crippen LogP contribution in [0.4, 0.5) is 4.79 Å². The standard InChI is InChI=1S/C20H20N2O5S/c1-12-4-3-9-21-18(12)17(27-13(2)23)11-26-15-7-5-14(6-8-15)10-16-19(24)28-20(25)22-16/h3-9,16-17H,10-11H2,1-2H3,(H,22,25). The SMILES string of the molecule is CC(=O)OC(COc1ccc(CC2NC(=O)SC2=O)cc1)c1ncccc1C. The van der Waals surface area contributed by atoms with Gasteiger partial charge in [-0.1, -0.05) is 18.2 Å². The summed E-state index contributed by atoms with van der Waals surface area (Å²) in [7, 11) is 0. The lowest BCUT2D eigenvalue weighted by molar-refractivity contribution is -0.148. The van der Waals surface area contributed by atoms with E-state index in [9.17, 15) is 14.4 Å². The van der Waals surface area contributed by atoms with Gasteiger partial charge in [-0.25, -0.2) is 0 Å². The van der Waals surface area contributed by atoms with Crippen LogP contribution in [0.25, 0.3) is 0 Å². The molecule has 1 aliphatic rings. The van der Waals surface area contributed by atoms with Crippen molar-refractivity contribution in [1.29, 1.82) is 0 Å². The number of aryl methyl sites for hydroxylation is 1. The first-order valence-electron chi connectivity index (χ1n) is 8.75. The molecule has 8 heteroatoms. The van der Waals surface area contributed by atoms with E-state index < -0.39 is 18.1 Å². The molecule has 7 nitrogen and oxygen atoms in total. The fourth-order valence-corrected chi connectivity index (χ4v) is 3.53. The number of rotatable bonds is 7. The van der Waals surface area contributed by atoms with Gasteiger partial charge in [0.2, 0.25) is 5.12 Å². The van der Waals surface area contributed by atoms with E-state index in [0.29, 0.717) is 29.6 Å². The van der Waals surface area contributed by atoms with Crippen LogP contribution in [-0.2, 0) is 20.7 Å². The number of hydrogen-bond acceptors (Lipinski definition) is 7. The van der Waals surface area contributed by atoms with Crippen molar-refractivity contribution in [2.24, 2.45) is 0 Å². The largest absolute Gasteiger partial charge is 0.489 e. The van der Waals surface area contributed by atoms with Gasteiger partial charge >= 0.3 is 5.97 Å². The smallest absolute Gasteiger partial charge is 0.303 e. The molecule has 1 aliphatic heterocycles. The van der Waals surface area contributed by atoms with Crippen molar-refractivity contribution in [2.45, 2.75) is 32.4 Å². The first-order chi connectivity index (χ1) is 13.4. The molecule has 1 N–H and O–H groups in total. The van der Waals surface area contributed by atoms with Crippen LogP contribution >= 0.6 is 11.8 Å². The zero-order valence-corrected chi connectivity index (χ0v) is 16.3. The minimum atomic E-state index is -0.610. The van der Waals surface area contributed by atoms with Crippen molar-refractivity contribution in [2.75, 3.05) is 6.61 Å². The predicted molar refractivity (Wildman–Crippen MR) is 104 cm³/mol. The van der Waals surface area contributed by atoms with E-state index in [-0.39, 0.29) is 17.0 Å². The highest BCUT2D eigenvalue weighted by Gasteiger charge is 2.31. The van der Waals surface area contributed by atoms with Gasteiger partial charge in [-0.05, 0) is 36.2 Å². The summed E-state index contributed by atoms with van der Waals surface area (Å²) in [5.74, 6) is 0.195. The highest BCUT2D eigenvalue weighted by molar-refractivity contribution is 8.26. The molecule has 146 valence electrons. The first-order valence-corrected chi connectivity index (χ1v) is 9.56. The number of thioether (sulfide) groups is 1.